The Bertz CT molecular complexity index is 358. The summed E-state index contributed by atoms with van der Waals surface area (Å²) < 4.78 is 5.15. The molecule has 1 aliphatic rings. The van der Waals surface area contributed by atoms with Gasteiger partial charge in [0.15, 0.2) is 0 Å². The van der Waals surface area contributed by atoms with Crippen LogP contribution in [0.15, 0.2) is 0 Å². The van der Waals surface area contributed by atoms with E-state index in [1.165, 1.54) is 4.90 Å². The maximum absolute atomic E-state index is 11.6. The molecule has 1 atom stereocenters. The average Bonchev–Trinajstić information content (AvgIpc) is 1.96. The van der Waals surface area contributed by atoms with E-state index in [1.807, 2.05) is 5.92 Å². The SMILES string of the molecule is CC(C)(C)OC(=O)N1CCC1C#CC(=O)O. The topological polar surface area (TPSA) is 66.8 Å². The Hall–Kier alpha value is -1.70. The first-order valence-corrected chi connectivity index (χ1v) is 5.04. The minimum absolute atomic E-state index is 0.328. The van der Waals surface area contributed by atoms with Crippen LogP contribution in [0.3, 0.4) is 0 Å². The fraction of sp³-hybridized carbons (Fsp3) is 0.636. The monoisotopic (exact) mass is 225 g/mol. The Labute approximate surface area is 94.4 Å². The van der Waals surface area contributed by atoms with Crippen molar-refractivity contribution in [2.45, 2.75) is 38.8 Å². The zero-order valence-corrected chi connectivity index (χ0v) is 9.61. The van der Waals surface area contributed by atoms with Crippen LogP contribution in [-0.2, 0) is 9.53 Å². The van der Waals surface area contributed by atoms with Crippen LogP contribution in [-0.4, -0.2) is 40.3 Å². The van der Waals surface area contributed by atoms with E-state index in [9.17, 15) is 9.59 Å². The molecule has 1 N–H and O–H groups in total. The van der Waals surface area contributed by atoms with Gasteiger partial charge in [0.05, 0.1) is 6.04 Å². The van der Waals surface area contributed by atoms with Gasteiger partial charge < -0.3 is 9.84 Å². The molecule has 5 heteroatoms. The van der Waals surface area contributed by atoms with E-state index in [-0.39, 0.29) is 6.04 Å². The lowest BCUT2D eigenvalue weighted by Crippen LogP contribution is -2.52. The number of carboxylic acid groups (broad SMARTS) is 1. The lowest BCUT2D eigenvalue weighted by atomic mass is 10.1. The summed E-state index contributed by atoms with van der Waals surface area (Å²) >= 11 is 0. The van der Waals surface area contributed by atoms with Gasteiger partial charge in [-0.1, -0.05) is 5.92 Å². The van der Waals surface area contributed by atoms with Crippen LogP contribution in [0.4, 0.5) is 4.79 Å². The largest absolute Gasteiger partial charge is 0.472 e. The molecular weight excluding hydrogens is 210 g/mol. The number of nitrogens with zero attached hydrogens (tertiary/aromatic N) is 1. The second kappa shape index (κ2) is 4.44. The molecule has 0 bridgehead atoms. The number of ether oxygens (including phenoxy) is 1. The third-order valence-electron chi connectivity index (χ3n) is 1.99. The second-order valence-corrected chi connectivity index (χ2v) is 4.55. The highest BCUT2D eigenvalue weighted by atomic mass is 16.6. The van der Waals surface area contributed by atoms with E-state index in [4.69, 9.17) is 9.84 Å². The van der Waals surface area contributed by atoms with E-state index in [1.54, 1.807) is 20.8 Å². The summed E-state index contributed by atoms with van der Waals surface area (Å²) in [5.41, 5.74) is -0.544. The number of aliphatic carboxylic acids is 1. The molecule has 1 fully saturated rings. The Kier molecular flexibility index (Phi) is 3.43. The molecule has 1 aliphatic heterocycles. The summed E-state index contributed by atoms with van der Waals surface area (Å²) in [5.74, 6) is 3.34. The van der Waals surface area contributed by atoms with E-state index in [2.05, 4.69) is 5.92 Å². The van der Waals surface area contributed by atoms with Crippen LogP contribution in [0.1, 0.15) is 27.2 Å². The van der Waals surface area contributed by atoms with Crippen molar-refractivity contribution in [1.82, 2.24) is 4.90 Å². The van der Waals surface area contributed by atoms with Crippen molar-refractivity contribution in [1.29, 1.82) is 0 Å². The number of carboxylic acids is 1. The summed E-state index contributed by atoms with van der Waals surface area (Å²) in [7, 11) is 0. The summed E-state index contributed by atoms with van der Waals surface area (Å²) in [4.78, 5) is 23.3. The van der Waals surface area contributed by atoms with Gasteiger partial charge in [0.25, 0.3) is 0 Å². The first-order valence-electron chi connectivity index (χ1n) is 5.04. The minimum atomic E-state index is -1.18. The molecule has 1 saturated heterocycles. The third kappa shape index (κ3) is 3.46. The van der Waals surface area contributed by atoms with Crippen LogP contribution in [0.25, 0.3) is 0 Å². The van der Waals surface area contributed by atoms with E-state index < -0.39 is 17.7 Å². The highest BCUT2D eigenvalue weighted by molar-refractivity contribution is 5.86. The molecule has 88 valence electrons. The fourth-order valence-electron chi connectivity index (χ4n) is 1.22. The van der Waals surface area contributed by atoms with Crippen LogP contribution in [0, 0.1) is 11.8 Å². The van der Waals surface area contributed by atoms with Gasteiger partial charge in [0.1, 0.15) is 5.60 Å². The summed E-state index contributed by atoms with van der Waals surface area (Å²) in [6.07, 6.45) is 0.253. The normalized spacial score (nSPS) is 19.2. The Morgan fingerprint density at radius 2 is 2.06 bits per heavy atom. The molecule has 0 aromatic heterocycles. The minimum Gasteiger partial charge on any atom is -0.472 e. The molecule has 0 spiro atoms. The Morgan fingerprint density at radius 1 is 1.44 bits per heavy atom. The molecule has 0 aromatic carbocycles. The Morgan fingerprint density at radius 3 is 2.44 bits per heavy atom. The average molecular weight is 225 g/mol. The molecule has 1 unspecified atom stereocenters. The molecule has 5 nitrogen and oxygen atoms in total. The molecule has 1 amide bonds. The smallest absolute Gasteiger partial charge is 0.411 e. The van der Waals surface area contributed by atoms with Crippen LogP contribution < -0.4 is 0 Å². The van der Waals surface area contributed by atoms with Gasteiger partial charge in [0.2, 0.25) is 0 Å². The fourth-order valence-corrected chi connectivity index (χ4v) is 1.22. The number of hydrogen-bond donors (Lipinski definition) is 1. The molecule has 1 heterocycles. The van der Waals surface area contributed by atoms with Gasteiger partial charge >= 0.3 is 12.1 Å². The van der Waals surface area contributed by atoms with Gasteiger partial charge in [0, 0.05) is 12.5 Å². The maximum Gasteiger partial charge on any atom is 0.411 e. The lowest BCUT2D eigenvalue weighted by Gasteiger charge is -2.38. The van der Waals surface area contributed by atoms with Crippen LogP contribution >= 0.6 is 0 Å². The zero-order chi connectivity index (χ0) is 12.3. The first kappa shape index (κ1) is 12.4. The van der Waals surface area contributed by atoms with Gasteiger partial charge in [-0.2, -0.15) is 0 Å². The maximum atomic E-state index is 11.6. The number of amides is 1. The highest BCUT2D eigenvalue weighted by Crippen LogP contribution is 2.20. The van der Waals surface area contributed by atoms with Gasteiger partial charge in [-0.15, -0.1) is 0 Å². The zero-order valence-electron chi connectivity index (χ0n) is 9.61. The Balaban J connectivity index is 2.54. The van der Waals surface area contributed by atoms with E-state index >= 15 is 0 Å². The van der Waals surface area contributed by atoms with Gasteiger partial charge in [-0.3, -0.25) is 4.90 Å². The molecular formula is C11H15NO4. The lowest BCUT2D eigenvalue weighted by molar-refractivity contribution is -0.130. The molecule has 0 aromatic rings. The standard InChI is InChI=1S/C11H15NO4/c1-11(2,3)16-10(15)12-7-6-8(12)4-5-9(13)14/h8H,6-7H2,1-3H3,(H,13,14). The number of hydrogen-bond acceptors (Lipinski definition) is 3. The number of rotatable bonds is 0. The number of likely N-dealkylation sites (tertiary alicyclic amines) is 1. The predicted molar refractivity (Wildman–Crippen MR) is 56.8 cm³/mol. The van der Waals surface area contributed by atoms with Crippen molar-refractivity contribution in [3.05, 3.63) is 0 Å². The number of carbonyl (C=O) groups excluding carboxylic acids is 1. The summed E-state index contributed by atoms with van der Waals surface area (Å²) in [6, 6.07) is -0.328. The molecule has 0 saturated carbocycles. The van der Waals surface area contributed by atoms with Crippen molar-refractivity contribution in [2.24, 2.45) is 0 Å². The van der Waals surface area contributed by atoms with Crippen molar-refractivity contribution in [2.75, 3.05) is 6.54 Å². The molecule has 1 rings (SSSR count). The quantitative estimate of drug-likeness (QED) is 0.626. The van der Waals surface area contributed by atoms with E-state index in [0.29, 0.717) is 13.0 Å². The first-order chi connectivity index (χ1) is 7.29. The third-order valence-corrected chi connectivity index (χ3v) is 1.99. The molecule has 0 radical (unpaired) electrons. The summed E-state index contributed by atoms with van der Waals surface area (Å²) in [6.45, 7) is 5.90. The van der Waals surface area contributed by atoms with Crippen molar-refractivity contribution in [3.8, 4) is 11.8 Å². The predicted octanol–water partition coefficient (Wildman–Crippen LogP) is 1.08. The van der Waals surface area contributed by atoms with Crippen molar-refractivity contribution < 1.29 is 19.4 Å². The van der Waals surface area contributed by atoms with Crippen molar-refractivity contribution in [3.63, 3.8) is 0 Å². The molecule has 16 heavy (non-hydrogen) atoms. The number of carbonyl (C=O) groups is 2. The molecule has 0 aliphatic carbocycles. The highest BCUT2D eigenvalue weighted by Gasteiger charge is 2.34. The van der Waals surface area contributed by atoms with Gasteiger partial charge in [-0.05, 0) is 27.2 Å². The summed E-state index contributed by atoms with van der Waals surface area (Å²) in [5, 5.41) is 8.38. The van der Waals surface area contributed by atoms with Crippen LogP contribution in [0.5, 0.6) is 0 Å². The second-order valence-electron chi connectivity index (χ2n) is 4.55. The van der Waals surface area contributed by atoms with Crippen LogP contribution in [0.2, 0.25) is 0 Å². The van der Waals surface area contributed by atoms with Crippen molar-refractivity contribution >= 4 is 12.1 Å². The van der Waals surface area contributed by atoms with E-state index in [0.717, 1.165) is 0 Å². The van der Waals surface area contributed by atoms with Gasteiger partial charge in [-0.25, -0.2) is 9.59 Å².